The molecule has 7 heteroatoms. The Morgan fingerprint density at radius 2 is 1.23 bits per heavy atom. The smallest absolute Gasteiger partial charge is 0.396 e. The van der Waals surface area contributed by atoms with E-state index in [0.29, 0.717) is 12.8 Å². The summed E-state index contributed by atoms with van der Waals surface area (Å²) in [6, 6.07) is 0. The molecule has 6 nitrogen and oxygen atoms in total. The second kappa shape index (κ2) is 14.3. The average molecular weight is 467 g/mol. The van der Waals surface area contributed by atoms with E-state index in [1.165, 1.54) is 0 Å². The molecule has 0 bridgehead atoms. The second-order valence-electron chi connectivity index (χ2n) is 9.10. The molecule has 188 valence electrons. The SMILES string of the molecule is CCCC(OC(CCC)C(CC)(CC)C(C)OP(=O)(O)O)C(CC)(CC)C(CC)CO. The van der Waals surface area contributed by atoms with Crippen molar-refractivity contribution in [3.8, 4) is 0 Å². The first kappa shape index (κ1) is 31.0. The highest BCUT2D eigenvalue weighted by molar-refractivity contribution is 7.46. The van der Waals surface area contributed by atoms with Crippen LogP contribution in [0.3, 0.4) is 0 Å². The van der Waals surface area contributed by atoms with Gasteiger partial charge < -0.3 is 19.6 Å². The lowest BCUT2D eigenvalue weighted by Gasteiger charge is -2.50. The molecule has 31 heavy (non-hydrogen) atoms. The number of aliphatic hydroxyl groups excluding tert-OH is 1. The number of phosphoric acid groups is 1. The lowest BCUT2D eigenvalue weighted by molar-refractivity contribution is -0.178. The number of ether oxygens (including phenoxy) is 1. The Hall–Kier alpha value is 0.0300. The molecule has 0 aromatic rings. The molecule has 0 aromatic heterocycles. The summed E-state index contributed by atoms with van der Waals surface area (Å²) in [7, 11) is -4.61. The van der Waals surface area contributed by atoms with Gasteiger partial charge in [0.1, 0.15) is 0 Å². The van der Waals surface area contributed by atoms with Crippen LogP contribution in [0.2, 0.25) is 0 Å². The third-order valence-electron chi connectivity index (χ3n) is 7.98. The number of phosphoric ester groups is 1. The van der Waals surface area contributed by atoms with Crippen LogP contribution in [0.25, 0.3) is 0 Å². The van der Waals surface area contributed by atoms with Crippen molar-refractivity contribution < 1.29 is 28.7 Å². The molecule has 0 saturated carbocycles. The first-order chi connectivity index (χ1) is 14.5. The van der Waals surface area contributed by atoms with Crippen LogP contribution in [0.15, 0.2) is 0 Å². The van der Waals surface area contributed by atoms with Crippen LogP contribution in [-0.4, -0.2) is 39.8 Å². The van der Waals surface area contributed by atoms with Gasteiger partial charge in [0, 0.05) is 17.4 Å². The Kier molecular flexibility index (Phi) is 14.3. The Bertz CT molecular complexity index is 508. The number of rotatable bonds is 18. The van der Waals surface area contributed by atoms with Gasteiger partial charge in [-0.25, -0.2) is 4.57 Å². The molecule has 0 aromatic carbocycles. The third-order valence-corrected chi connectivity index (χ3v) is 8.57. The van der Waals surface area contributed by atoms with Gasteiger partial charge in [0.25, 0.3) is 0 Å². The summed E-state index contributed by atoms with van der Waals surface area (Å²) in [4.78, 5) is 19.0. The fourth-order valence-electron chi connectivity index (χ4n) is 5.82. The Labute approximate surface area is 191 Å². The standard InChI is InChI=1S/C24H51O6P/c1-9-16-21(23(12-4,13-5)19(8)30-31(26,27)28)29-22(17-10-2)24(14-6,15-7)20(11-3)18-25/h19-22,25H,9-18H2,1-8H3,(H2,26,27,28). The summed E-state index contributed by atoms with van der Waals surface area (Å²) in [5, 5.41) is 10.2. The van der Waals surface area contributed by atoms with Gasteiger partial charge in [0.15, 0.2) is 0 Å². The van der Waals surface area contributed by atoms with E-state index in [4.69, 9.17) is 9.26 Å². The highest BCUT2D eigenvalue weighted by Gasteiger charge is 2.48. The number of hydrogen-bond donors (Lipinski definition) is 3. The van der Waals surface area contributed by atoms with Crippen LogP contribution in [-0.2, 0) is 13.8 Å². The number of aliphatic hydroxyl groups is 1. The summed E-state index contributed by atoms with van der Waals surface area (Å²) in [5.41, 5.74) is -0.636. The van der Waals surface area contributed by atoms with Crippen molar-refractivity contribution >= 4 is 7.82 Å². The summed E-state index contributed by atoms with van der Waals surface area (Å²) < 4.78 is 23.9. The quantitative estimate of drug-likeness (QED) is 0.200. The van der Waals surface area contributed by atoms with E-state index in [-0.39, 0.29) is 30.1 Å². The summed E-state index contributed by atoms with van der Waals surface area (Å²) in [6.45, 7) is 16.8. The van der Waals surface area contributed by atoms with Crippen molar-refractivity contribution in [2.24, 2.45) is 16.7 Å². The van der Waals surface area contributed by atoms with Gasteiger partial charge >= 0.3 is 7.82 Å². The van der Waals surface area contributed by atoms with Gasteiger partial charge in [-0.1, -0.05) is 67.7 Å². The molecule has 0 radical (unpaired) electrons. The average Bonchev–Trinajstić information content (AvgIpc) is 2.72. The maximum atomic E-state index is 11.6. The third kappa shape index (κ3) is 7.79. The predicted molar refractivity (Wildman–Crippen MR) is 128 cm³/mol. The van der Waals surface area contributed by atoms with Crippen LogP contribution in [0.4, 0.5) is 0 Å². The van der Waals surface area contributed by atoms with Crippen LogP contribution < -0.4 is 0 Å². The van der Waals surface area contributed by atoms with Crippen molar-refractivity contribution in [3.63, 3.8) is 0 Å². The van der Waals surface area contributed by atoms with Crippen molar-refractivity contribution in [1.29, 1.82) is 0 Å². The summed E-state index contributed by atoms with van der Waals surface area (Å²) in [5.74, 6) is 0.155. The molecule has 0 aliphatic rings. The molecule has 0 rings (SSSR count). The van der Waals surface area contributed by atoms with E-state index in [2.05, 4.69) is 48.5 Å². The molecule has 0 saturated heterocycles. The fraction of sp³-hybridized carbons (Fsp3) is 1.00. The van der Waals surface area contributed by atoms with Crippen molar-refractivity contribution in [1.82, 2.24) is 0 Å². The van der Waals surface area contributed by atoms with Gasteiger partial charge in [0.2, 0.25) is 0 Å². The van der Waals surface area contributed by atoms with Gasteiger partial charge in [-0.05, 0) is 51.4 Å². The van der Waals surface area contributed by atoms with Gasteiger partial charge in [-0.2, -0.15) is 0 Å². The van der Waals surface area contributed by atoms with E-state index in [1.807, 2.05) is 0 Å². The summed E-state index contributed by atoms with van der Waals surface area (Å²) in [6.07, 6.45) is 6.89. The zero-order chi connectivity index (χ0) is 24.3. The van der Waals surface area contributed by atoms with Crippen LogP contribution in [0, 0.1) is 16.7 Å². The minimum Gasteiger partial charge on any atom is -0.396 e. The zero-order valence-corrected chi connectivity index (χ0v) is 22.3. The van der Waals surface area contributed by atoms with E-state index in [1.54, 1.807) is 6.92 Å². The normalized spacial score (nSPS) is 17.4. The van der Waals surface area contributed by atoms with E-state index >= 15 is 0 Å². The van der Waals surface area contributed by atoms with Crippen molar-refractivity contribution in [2.45, 2.75) is 131 Å². The Morgan fingerprint density at radius 3 is 1.52 bits per heavy atom. The first-order valence-corrected chi connectivity index (χ1v) is 14.0. The first-order valence-electron chi connectivity index (χ1n) is 12.5. The molecular formula is C24H51O6P. The monoisotopic (exact) mass is 466 g/mol. The fourth-order valence-corrected chi connectivity index (χ4v) is 6.44. The minimum atomic E-state index is -4.61. The molecule has 4 atom stereocenters. The molecular weight excluding hydrogens is 415 g/mol. The molecule has 4 unspecified atom stereocenters. The van der Waals surface area contributed by atoms with E-state index in [0.717, 1.165) is 44.9 Å². The van der Waals surface area contributed by atoms with Crippen molar-refractivity contribution in [3.05, 3.63) is 0 Å². The van der Waals surface area contributed by atoms with Crippen LogP contribution in [0.5, 0.6) is 0 Å². The maximum Gasteiger partial charge on any atom is 0.469 e. The molecule has 3 N–H and O–H groups in total. The van der Waals surface area contributed by atoms with Gasteiger partial charge in [-0.3, -0.25) is 4.52 Å². The van der Waals surface area contributed by atoms with Crippen LogP contribution >= 0.6 is 7.82 Å². The topological polar surface area (TPSA) is 96.2 Å². The lowest BCUT2D eigenvalue weighted by atomic mass is 9.65. The number of hydrogen-bond acceptors (Lipinski definition) is 4. The molecule has 0 aliphatic carbocycles. The maximum absolute atomic E-state index is 11.6. The van der Waals surface area contributed by atoms with E-state index < -0.39 is 19.3 Å². The van der Waals surface area contributed by atoms with Crippen molar-refractivity contribution in [2.75, 3.05) is 6.61 Å². The van der Waals surface area contributed by atoms with Gasteiger partial charge in [-0.15, -0.1) is 0 Å². The minimum absolute atomic E-state index is 0.0270. The molecule has 0 spiro atoms. The molecule has 0 aliphatic heterocycles. The van der Waals surface area contributed by atoms with E-state index in [9.17, 15) is 19.5 Å². The molecule has 0 fully saturated rings. The molecule has 0 amide bonds. The highest BCUT2D eigenvalue weighted by Crippen LogP contribution is 2.50. The zero-order valence-electron chi connectivity index (χ0n) is 21.4. The summed E-state index contributed by atoms with van der Waals surface area (Å²) >= 11 is 0. The second-order valence-corrected chi connectivity index (χ2v) is 10.3. The van der Waals surface area contributed by atoms with Crippen LogP contribution in [0.1, 0.15) is 113 Å². The lowest BCUT2D eigenvalue weighted by Crippen LogP contribution is -2.51. The predicted octanol–water partition coefficient (Wildman–Crippen LogP) is 6.47. The Balaban J connectivity index is 6.34. The van der Waals surface area contributed by atoms with Gasteiger partial charge in [0.05, 0.1) is 18.3 Å². The highest BCUT2D eigenvalue weighted by atomic mass is 31.2. The largest absolute Gasteiger partial charge is 0.469 e. The molecule has 0 heterocycles. The Morgan fingerprint density at radius 1 is 0.806 bits per heavy atom.